The number of hydrogen-bond acceptors (Lipinski definition) is 4. The second-order valence-corrected chi connectivity index (χ2v) is 6.96. The number of nitrogens with one attached hydrogen (secondary N) is 1. The predicted octanol–water partition coefficient (Wildman–Crippen LogP) is 5.24. The number of carbonyl (C=O) groups excluding carboxylic acids is 2. The van der Waals surface area contributed by atoms with E-state index in [0.29, 0.717) is 17.9 Å². The lowest BCUT2D eigenvalue weighted by atomic mass is 10.1. The van der Waals surface area contributed by atoms with Crippen molar-refractivity contribution in [3.8, 4) is 5.75 Å². The minimum absolute atomic E-state index is 0.274. The van der Waals surface area contributed by atoms with E-state index in [1.165, 1.54) is 0 Å². The van der Waals surface area contributed by atoms with Crippen LogP contribution < -0.4 is 10.1 Å². The van der Waals surface area contributed by atoms with Gasteiger partial charge in [0.15, 0.2) is 0 Å². The second-order valence-electron chi connectivity index (χ2n) is 6.96. The van der Waals surface area contributed by atoms with Crippen LogP contribution in [0.2, 0.25) is 0 Å². The lowest BCUT2D eigenvalue weighted by Crippen LogP contribution is -2.26. The maximum Gasteiger partial charge on any atom is 0.338 e. The zero-order chi connectivity index (χ0) is 21.5. The van der Waals surface area contributed by atoms with E-state index < -0.39 is 12.1 Å². The summed E-state index contributed by atoms with van der Waals surface area (Å²) in [5, 5.41) is 2.98. The van der Waals surface area contributed by atoms with E-state index in [9.17, 15) is 9.59 Å². The first-order valence-corrected chi connectivity index (χ1v) is 9.85. The van der Waals surface area contributed by atoms with Gasteiger partial charge in [-0.25, -0.2) is 4.79 Å². The highest BCUT2D eigenvalue weighted by Crippen LogP contribution is 2.25. The van der Waals surface area contributed by atoms with Crippen LogP contribution in [0.25, 0.3) is 0 Å². The molecule has 0 saturated carbocycles. The molecule has 1 atom stereocenters. The third-order valence-corrected chi connectivity index (χ3v) is 4.61. The highest BCUT2D eigenvalue weighted by molar-refractivity contribution is 5.96. The van der Waals surface area contributed by atoms with Crippen LogP contribution in [0.15, 0.2) is 72.8 Å². The summed E-state index contributed by atoms with van der Waals surface area (Å²) < 4.78 is 11.0. The molecule has 1 N–H and O–H groups in total. The molecule has 3 rings (SSSR count). The van der Waals surface area contributed by atoms with Gasteiger partial charge < -0.3 is 14.8 Å². The summed E-state index contributed by atoms with van der Waals surface area (Å²) in [5.41, 5.74) is 3.94. The predicted molar refractivity (Wildman–Crippen MR) is 117 cm³/mol. The van der Waals surface area contributed by atoms with E-state index in [-0.39, 0.29) is 5.91 Å². The lowest BCUT2D eigenvalue weighted by molar-refractivity contribution is -0.123. The van der Waals surface area contributed by atoms with Crippen molar-refractivity contribution >= 4 is 17.6 Å². The Morgan fingerprint density at radius 3 is 2.30 bits per heavy atom. The molecule has 3 aromatic carbocycles. The van der Waals surface area contributed by atoms with Gasteiger partial charge in [0.25, 0.3) is 5.91 Å². The Labute approximate surface area is 176 Å². The Balaban J connectivity index is 1.83. The van der Waals surface area contributed by atoms with Crippen LogP contribution in [-0.2, 0) is 9.53 Å². The van der Waals surface area contributed by atoms with Crippen molar-refractivity contribution in [1.82, 2.24) is 0 Å². The summed E-state index contributed by atoms with van der Waals surface area (Å²) >= 11 is 0. The lowest BCUT2D eigenvalue weighted by Gasteiger charge is -2.20. The van der Waals surface area contributed by atoms with Crippen molar-refractivity contribution in [2.24, 2.45) is 0 Å². The Hall–Kier alpha value is -3.60. The number of ether oxygens (including phenoxy) is 2. The van der Waals surface area contributed by atoms with Gasteiger partial charge in [0.2, 0.25) is 6.10 Å². The van der Waals surface area contributed by atoms with E-state index in [2.05, 4.69) is 5.32 Å². The van der Waals surface area contributed by atoms with Crippen LogP contribution in [0.1, 0.15) is 40.1 Å². The van der Waals surface area contributed by atoms with Crippen molar-refractivity contribution in [3.05, 3.63) is 95.1 Å². The molecule has 0 aromatic heterocycles. The minimum Gasteiger partial charge on any atom is -0.476 e. The summed E-state index contributed by atoms with van der Waals surface area (Å²) in [6.45, 7) is 5.99. The summed E-state index contributed by atoms with van der Waals surface area (Å²) in [4.78, 5) is 25.0. The van der Waals surface area contributed by atoms with Crippen molar-refractivity contribution < 1.29 is 19.1 Å². The Morgan fingerprint density at radius 2 is 1.63 bits per heavy atom. The molecule has 0 aliphatic rings. The molecule has 0 saturated heterocycles. The molecule has 0 unspecified atom stereocenters. The molecule has 1 amide bonds. The van der Waals surface area contributed by atoms with Gasteiger partial charge in [0, 0.05) is 11.3 Å². The highest BCUT2D eigenvalue weighted by Gasteiger charge is 2.23. The zero-order valence-electron chi connectivity index (χ0n) is 17.3. The number of benzene rings is 3. The molecular weight excluding hydrogens is 378 g/mol. The monoisotopic (exact) mass is 403 g/mol. The quantitative estimate of drug-likeness (QED) is 0.548. The number of rotatable bonds is 7. The molecule has 0 aliphatic heterocycles. The molecule has 5 heteroatoms. The first-order chi connectivity index (χ1) is 14.5. The molecule has 5 nitrogen and oxygen atoms in total. The summed E-state index contributed by atoms with van der Waals surface area (Å²) in [7, 11) is 0. The van der Waals surface area contributed by atoms with E-state index in [0.717, 1.165) is 22.4 Å². The summed E-state index contributed by atoms with van der Waals surface area (Å²) in [6.07, 6.45) is -0.848. The fourth-order valence-corrected chi connectivity index (χ4v) is 2.99. The van der Waals surface area contributed by atoms with Crippen LogP contribution in [0, 0.1) is 13.8 Å². The summed E-state index contributed by atoms with van der Waals surface area (Å²) in [6, 6.07) is 21.8. The Morgan fingerprint density at radius 1 is 0.933 bits per heavy atom. The van der Waals surface area contributed by atoms with Crippen LogP contribution in [0.5, 0.6) is 5.75 Å². The largest absolute Gasteiger partial charge is 0.476 e. The molecule has 0 spiro atoms. The van der Waals surface area contributed by atoms with Crippen LogP contribution in [0.4, 0.5) is 5.69 Å². The maximum atomic E-state index is 13.1. The number of anilines is 1. The fraction of sp³-hybridized carbons (Fsp3) is 0.200. The zero-order valence-corrected chi connectivity index (χ0v) is 17.3. The van der Waals surface area contributed by atoms with E-state index in [1.54, 1.807) is 31.2 Å². The van der Waals surface area contributed by atoms with Gasteiger partial charge in [0.1, 0.15) is 5.75 Å². The molecule has 0 aliphatic carbocycles. The second kappa shape index (κ2) is 9.74. The number of esters is 1. The minimum atomic E-state index is -0.848. The van der Waals surface area contributed by atoms with Gasteiger partial charge in [-0.3, -0.25) is 4.79 Å². The van der Waals surface area contributed by atoms with Crippen molar-refractivity contribution in [2.75, 3.05) is 11.9 Å². The number of amides is 1. The molecular formula is C25H25NO4. The van der Waals surface area contributed by atoms with Crippen molar-refractivity contribution in [2.45, 2.75) is 26.9 Å². The van der Waals surface area contributed by atoms with Crippen molar-refractivity contribution in [3.63, 3.8) is 0 Å². The Kier molecular flexibility index (Phi) is 6.86. The van der Waals surface area contributed by atoms with E-state index >= 15 is 0 Å². The third kappa shape index (κ3) is 5.26. The SMILES string of the molecule is CCOC(=O)c1ccc(O[C@@H](C(=O)Nc2cc(C)ccc2C)c2ccccc2)cc1. The fourth-order valence-electron chi connectivity index (χ4n) is 2.99. The van der Waals surface area contributed by atoms with Crippen molar-refractivity contribution in [1.29, 1.82) is 0 Å². The number of carbonyl (C=O) groups is 2. The average Bonchev–Trinajstić information content (AvgIpc) is 2.75. The van der Waals surface area contributed by atoms with E-state index in [4.69, 9.17) is 9.47 Å². The third-order valence-electron chi connectivity index (χ3n) is 4.61. The molecule has 0 radical (unpaired) electrons. The number of aryl methyl sites for hydroxylation is 2. The standard InChI is InChI=1S/C25H25NO4/c1-4-29-25(28)20-12-14-21(15-13-20)30-23(19-8-6-5-7-9-19)24(27)26-22-16-17(2)10-11-18(22)3/h5-16,23H,4H2,1-3H3,(H,26,27)/t23-/m1/s1. The van der Waals surface area contributed by atoms with Gasteiger partial charge in [-0.2, -0.15) is 0 Å². The van der Waals surface area contributed by atoms with Gasteiger partial charge in [-0.05, 0) is 62.2 Å². The summed E-state index contributed by atoms with van der Waals surface area (Å²) in [5.74, 6) is -0.186. The molecule has 154 valence electrons. The van der Waals surface area contributed by atoms with Gasteiger partial charge in [-0.1, -0.05) is 42.5 Å². The van der Waals surface area contributed by atoms with Crippen LogP contribution >= 0.6 is 0 Å². The molecule has 0 fully saturated rings. The Bertz CT molecular complexity index is 1010. The molecule has 0 heterocycles. The van der Waals surface area contributed by atoms with Gasteiger partial charge >= 0.3 is 5.97 Å². The normalized spacial score (nSPS) is 11.4. The van der Waals surface area contributed by atoms with Gasteiger partial charge in [0.05, 0.1) is 12.2 Å². The highest BCUT2D eigenvalue weighted by atomic mass is 16.5. The first-order valence-electron chi connectivity index (χ1n) is 9.85. The van der Waals surface area contributed by atoms with Crippen LogP contribution in [-0.4, -0.2) is 18.5 Å². The maximum absolute atomic E-state index is 13.1. The topological polar surface area (TPSA) is 64.6 Å². The first kappa shape index (κ1) is 21.1. The van der Waals surface area contributed by atoms with Gasteiger partial charge in [-0.15, -0.1) is 0 Å². The van der Waals surface area contributed by atoms with Crippen LogP contribution in [0.3, 0.4) is 0 Å². The number of hydrogen-bond donors (Lipinski definition) is 1. The molecule has 3 aromatic rings. The molecule has 30 heavy (non-hydrogen) atoms. The van der Waals surface area contributed by atoms with E-state index in [1.807, 2.05) is 62.4 Å². The molecule has 0 bridgehead atoms. The average molecular weight is 403 g/mol. The smallest absolute Gasteiger partial charge is 0.338 e.